The van der Waals surface area contributed by atoms with E-state index >= 15 is 0 Å². The largest absolute Gasteiger partial charge is 0.298 e. The van der Waals surface area contributed by atoms with Crippen molar-refractivity contribution in [1.29, 1.82) is 0 Å². The summed E-state index contributed by atoms with van der Waals surface area (Å²) in [7, 11) is 2.11. The molecule has 1 aromatic heterocycles. The quantitative estimate of drug-likeness (QED) is 0.571. The smallest absolute Gasteiger partial charge is 0.219 e. The molecule has 0 aliphatic rings. The highest BCUT2D eigenvalue weighted by Gasteiger charge is 2.11. The van der Waals surface area contributed by atoms with Crippen LogP contribution in [0.2, 0.25) is 0 Å². The molecule has 0 radical (unpaired) electrons. The molecule has 16 heavy (non-hydrogen) atoms. The minimum absolute atomic E-state index is 0.561. The molecule has 1 atom stereocenters. The highest BCUT2D eigenvalue weighted by molar-refractivity contribution is 7.98. The number of hydrogen-bond donors (Lipinski definition) is 2. The first-order valence-corrected chi connectivity index (χ1v) is 7.36. The van der Waals surface area contributed by atoms with Crippen LogP contribution in [0, 0.1) is 0 Å². The molecule has 1 aromatic rings. The Morgan fingerprint density at radius 3 is 2.88 bits per heavy atom. The molecule has 0 aliphatic heterocycles. The first-order chi connectivity index (χ1) is 7.67. The zero-order chi connectivity index (χ0) is 12.0. The summed E-state index contributed by atoms with van der Waals surface area (Å²) >= 11 is 3.38. The number of rotatable bonds is 7. The molecule has 0 amide bonds. The van der Waals surface area contributed by atoms with E-state index in [1.165, 1.54) is 23.5 Å². The molecule has 0 spiro atoms. The minimum atomic E-state index is 0.561. The summed E-state index contributed by atoms with van der Waals surface area (Å²) < 4.78 is 0. The van der Waals surface area contributed by atoms with Crippen LogP contribution in [0.3, 0.4) is 0 Å². The van der Waals surface area contributed by atoms with Crippen molar-refractivity contribution >= 4 is 28.2 Å². The van der Waals surface area contributed by atoms with E-state index < -0.39 is 0 Å². The molecule has 0 saturated carbocycles. The van der Waals surface area contributed by atoms with Crippen molar-refractivity contribution in [2.45, 2.75) is 25.9 Å². The molecular formula is C9H19N5S2. The van der Waals surface area contributed by atoms with Crippen LogP contribution in [0.15, 0.2) is 0 Å². The van der Waals surface area contributed by atoms with Gasteiger partial charge in [0.15, 0.2) is 0 Å². The SMILES string of the molecule is CSCCC(C)N(C)Cc1nnc(NN)s1. The Labute approximate surface area is 105 Å². The van der Waals surface area contributed by atoms with E-state index in [0.29, 0.717) is 11.2 Å². The molecule has 3 N–H and O–H groups in total. The predicted octanol–water partition coefficient (Wildman–Crippen LogP) is 1.40. The Hall–Kier alpha value is -0.370. The molecule has 92 valence electrons. The fraction of sp³-hybridized carbons (Fsp3) is 0.778. The van der Waals surface area contributed by atoms with Crippen LogP contribution < -0.4 is 11.3 Å². The summed E-state index contributed by atoms with van der Waals surface area (Å²) in [5.74, 6) is 6.45. The summed E-state index contributed by atoms with van der Waals surface area (Å²) in [5.41, 5.74) is 2.51. The Bertz CT molecular complexity index is 304. The molecule has 0 bridgehead atoms. The maximum absolute atomic E-state index is 5.26. The number of thioether (sulfide) groups is 1. The van der Waals surface area contributed by atoms with Crippen LogP contribution in [0.4, 0.5) is 5.13 Å². The van der Waals surface area contributed by atoms with E-state index in [2.05, 4.69) is 40.8 Å². The number of anilines is 1. The van der Waals surface area contributed by atoms with Gasteiger partial charge < -0.3 is 0 Å². The summed E-state index contributed by atoms with van der Waals surface area (Å²) in [5, 5.41) is 9.64. The van der Waals surface area contributed by atoms with Crippen molar-refractivity contribution in [3.63, 3.8) is 0 Å². The Kier molecular flexibility index (Phi) is 6.04. The molecule has 7 heteroatoms. The van der Waals surface area contributed by atoms with E-state index in [9.17, 15) is 0 Å². The van der Waals surface area contributed by atoms with Crippen LogP contribution in [0.5, 0.6) is 0 Å². The molecule has 0 aromatic carbocycles. The standard InChI is InChI=1S/C9H19N5S2/c1-7(4-5-15-3)14(2)6-8-12-13-9(11-10)16-8/h7H,4-6,10H2,1-3H3,(H,11,13). The van der Waals surface area contributed by atoms with Gasteiger partial charge in [0.1, 0.15) is 5.01 Å². The molecule has 1 heterocycles. The summed E-state index contributed by atoms with van der Waals surface area (Å²) in [4.78, 5) is 2.29. The molecule has 1 unspecified atom stereocenters. The number of nitrogens with zero attached hydrogens (tertiary/aromatic N) is 3. The number of aromatic nitrogens is 2. The number of nitrogens with one attached hydrogen (secondary N) is 1. The lowest BCUT2D eigenvalue weighted by atomic mass is 10.2. The summed E-state index contributed by atoms with van der Waals surface area (Å²) in [6.45, 7) is 3.06. The van der Waals surface area contributed by atoms with Gasteiger partial charge in [-0.15, -0.1) is 10.2 Å². The Morgan fingerprint density at radius 2 is 2.31 bits per heavy atom. The van der Waals surface area contributed by atoms with Crippen LogP contribution in [-0.2, 0) is 6.54 Å². The molecule has 0 fully saturated rings. The molecule has 0 saturated heterocycles. The summed E-state index contributed by atoms with van der Waals surface area (Å²) in [6.07, 6.45) is 3.33. The number of hydrogen-bond acceptors (Lipinski definition) is 7. The predicted molar refractivity (Wildman–Crippen MR) is 71.6 cm³/mol. The third-order valence-corrected chi connectivity index (χ3v) is 3.95. The number of nitrogen functional groups attached to an aromatic ring is 1. The van der Waals surface area contributed by atoms with Gasteiger partial charge in [0, 0.05) is 6.04 Å². The average molecular weight is 261 g/mol. The van der Waals surface area contributed by atoms with Crippen LogP contribution >= 0.6 is 23.1 Å². The van der Waals surface area contributed by atoms with E-state index in [1.54, 1.807) is 0 Å². The molecule has 5 nitrogen and oxygen atoms in total. The second-order valence-corrected chi connectivity index (χ2v) is 5.74. The van der Waals surface area contributed by atoms with Crippen molar-refractivity contribution in [3.8, 4) is 0 Å². The highest BCUT2D eigenvalue weighted by Crippen LogP contribution is 2.17. The van der Waals surface area contributed by atoms with Crippen LogP contribution in [0.25, 0.3) is 0 Å². The van der Waals surface area contributed by atoms with Gasteiger partial charge in [0.2, 0.25) is 5.13 Å². The normalized spacial score (nSPS) is 13.1. The van der Waals surface area contributed by atoms with E-state index in [4.69, 9.17) is 5.84 Å². The van der Waals surface area contributed by atoms with Gasteiger partial charge in [-0.05, 0) is 32.4 Å². The van der Waals surface area contributed by atoms with Crippen molar-refractivity contribution in [2.75, 3.05) is 24.5 Å². The lowest BCUT2D eigenvalue weighted by Crippen LogP contribution is -2.29. The second-order valence-electron chi connectivity index (χ2n) is 3.69. The zero-order valence-corrected chi connectivity index (χ0v) is 11.6. The second kappa shape index (κ2) is 7.05. The minimum Gasteiger partial charge on any atom is -0.298 e. The van der Waals surface area contributed by atoms with Crippen molar-refractivity contribution in [3.05, 3.63) is 5.01 Å². The van der Waals surface area contributed by atoms with Gasteiger partial charge in [-0.3, -0.25) is 10.3 Å². The van der Waals surface area contributed by atoms with Gasteiger partial charge in [-0.25, -0.2) is 5.84 Å². The first-order valence-electron chi connectivity index (χ1n) is 5.15. The van der Waals surface area contributed by atoms with Gasteiger partial charge in [0.05, 0.1) is 6.54 Å². The number of hydrazine groups is 1. The first kappa shape index (κ1) is 13.7. The van der Waals surface area contributed by atoms with Crippen molar-refractivity contribution in [2.24, 2.45) is 5.84 Å². The highest BCUT2D eigenvalue weighted by atomic mass is 32.2. The van der Waals surface area contributed by atoms with Crippen LogP contribution in [-0.4, -0.2) is 40.2 Å². The summed E-state index contributed by atoms with van der Waals surface area (Å²) in [6, 6.07) is 0.561. The third kappa shape index (κ3) is 4.25. The molecular weight excluding hydrogens is 242 g/mol. The van der Waals surface area contributed by atoms with Crippen molar-refractivity contribution < 1.29 is 0 Å². The van der Waals surface area contributed by atoms with Gasteiger partial charge in [-0.1, -0.05) is 11.3 Å². The topological polar surface area (TPSA) is 67.1 Å². The Morgan fingerprint density at radius 1 is 1.56 bits per heavy atom. The van der Waals surface area contributed by atoms with E-state index in [1.807, 2.05) is 11.8 Å². The van der Waals surface area contributed by atoms with Crippen LogP contribution in [0.1, 0.15) is 18.4 Å². The van der Waals surface area contributed by atoms with E-state index in [-0.39, 0.29) is 0 Å². The van der Waals surface area contributed by atoms with Gasteiger partial charge in [0.25, 0.3) is 0 Å². The average Bonchev–Trinajstić information content (AvgIpc) is 2.73. The third-order valence-electron chi connectivity index (χ3n) is 2.47. The lowest BCUT2D eigenvalue weighted by molar-refractivity contribution is 0.244. The number of nitrogens with two attached hydrogens (primary N) is 1. The fourth-order valence-electron chi connectivity index (χ4n) is 1.25. The lowest BCUT2D eigenvalue weighted by Gasteiger charge is -2.22. The van der Waals surface area contributed by atoms with E-state index in [0.717, 1.165) is 11.6 Å². The Balaban J connectivity index is 2.40. The molecule has 0 aliphatic carbocycles. The molecule has 1 rings (SSSR count). The zero-order valence-electron chi connectivity index (χ0n) is 9.93. The van der Waals surface area contributed by atoms with Gasteiger partial charge in [-0.2, -0.15) is 11.8 Å². The fourth-order valence-corrected chi connectivity index (χ4v) is 2.54. The maximum Gasteiger partial charge on any atom is 0.219 e. The van der Waals surface area contributed by atoms with Crippen molar-refractivity contribution in [1.82, 2.24) is 15.1 Å². The monoisotopic (exact) mass is 261 g/mol. The maximum atomic E-state index is 5.26. The van der Waals surface area contributed by atoms with Gasteiger partial charge >= 0.3 is 0 Å².